The highest BCUT2D eigenvalue weighted by Crippen LogP contribution is 2.21. The second-order valence-corrected chi connectivity index (χ2v) is 6.93. The molecule has 1 amide bonds. The van der Waals surface area contributed by atoms with E-state index in [0.717, 1.165) is 25.0 Å². The predicted molar refractivity (Wildman–Crippen MR) is 118 cm³/mol. The van der Waals surface area contributed by atoms with Gasteiger partial charge in [-0.1, -0.05) is 19.9 Å². The molecule has 7 nitrogen and oxygen atoms in total. The van der Waals surface area contributed by atoms with Crippen molar-refractivity contribution in [3.8, 4) is 5.75 Å². The van der Waals surface area contributed by atoms with E-state index in [-0.39, 0.29) is 18.6 Å². The number of rotatable bonds is 7. The highest BCUT2D eigenvalue weighted by Gasteiger charge is 2.28. The van der Waals surface area contributed by atoms with E-state index in [1.54, 1.807) is 12.1 Å². The first-order chi connectivity index (χ1) is 16.2. The van der Waals surface area contributed by atoms with E-state index in [1.807, 2.05) is 20.8 Å². The van der Waals surface area contributed by atoms with Gasteiger partial charge in [-0.3, -0.25) is 9.78 Å². The van der Waals surface area contributed by atoms with Crippen LogP contribution in [0.2, 0.25) is 0 Å². The predicted octanol–water partition coefficient (Wildman–Crippen LogP) is 4.25. The largest absolute Gasteiger partial charge is 0.484 e. The first-order valence-electron chi connectivity index (χ1n) is 10.8. The summed E-state index contributed by atoms with van der Waals surface area (Å²) >= 11 is 0. The first-order valence-corrected chi connectivity index (χ1v) is 10.8. The van der Waals surface area contributed by atoms with Gasteiger partial charge in [0.2, 0.25) is 5.82 Å². The van der Waals surface area contributed by atoms with Crippen LogP contribution in [0.1, 0.15) is 45.4 Å². The molecule has 3 unspecified atom stereocenters. The quantitative estimate of drug-likeness (QED) is 0.502. The van der Waals surface area contributed by atoms with Crippen molar-refractivity contribution in [3.63, 3.8) is 0 Å². The Morgan fingerprint density at radius 2 is 1.94 bits per heavy atom. The van der Waals surface area contributed by atoms with E-state index < -0.39 is 42.6 Å². The Morgan fingerprint density at radius 1 is 1.24 bits per heavy atom. The molecule has 0 radical (unpaired) electrons. The van der Waals surface area contributed by atoms with Gasteiger partial charge in [-0.25, -0.2) is 13.2 Å². The van der Waals surface area contributed by atoms with Crippen LogP contribution < -0.4 is 10.1 Å². The fraction of sp³-hybridized carbons (Fsp3) is 0.478. The Hall–Kier alpha value is -2.76. The van der Waals surface area contributed by atoms with Gasteiger partial charge < -0.3 is 25.0 Å². The minimum absolute atomic E-state index is 0.121. The highest BCUT2D eigenvalue weighted by atomic mass is 19.3. The van der Waals surface area contributed by atoms with Gasteiger partial charge in [0.1, 0.15) is 18.8 Å². The Balaban J connectivity index is 0.000000337. The minimum Gasteiger partial charge on any atom is -0.484 e. The van der Waals surface area contributed by atoms with E-state index in [0.29, 0.717) is 11.4 Å². The smallest absolute Gasteiger partial charge is 0.272 e. The monoisotopic (exact) mass is 490 g/mol. The molecule has 1 aliphatic heterocycles. The van der Waals surface area contributed by atoms with Crippen molar-refractivity contribution in [2.75, 3.05) is 18.5 Å². The Labute approximate surface area is 195 Å². The molecule has 3 rings (SSSR count). The summed E-state index contributed by atoms with van der Waals surface area (Å²) in [7, 11) is 0. The molecule has 34 heavy (non-hydrogen) atoms. The molecule has 11 heteroatoms. The molecule has 1 saturated heterocycles. The highest BCUT2D eigenvalue weighted by molar-refractivity contribution is 5.94. The van der Waals surface area contributed by atoms with Crippen LogP contribution in [0, 0.1) is 11.6 Å². The summed E-state index contributed by atoms with van der Waals surface area (Å²) < 4.78 is 58.2. The van der Waals surface area contributed by atoms with Crippen molar-refractivity contribution in [2.45, 2.75) is 58.4 Å². The van der Waals surface area contributed by atoms with E-state index in [4.69, 9.17) is 9.84 Å². The number of aliphatic hydroxyl groups is 2. The van der Waals surface area contributed by atoms with Gasteiger partial charge >= 0.3 is 0 Å². The zero-order valence-electron chi connectivity index (χ0n) is 19.2. The van der Waals surface area contributed by atoms with Crippen LogP contribution in [-0.2, 0) is 9.53 Å². The van der Waals surface area contributed by atoms with Crippen LogP contribution in [0.15, 0.2) is 36.5 Å². The lowest BCUT2D eigenvalue weighted by atomic mass is 10.2. The fourth-order valence-corrected chi connectivity index (χ4v) is 2.74. The number of anilines is 1. The normalized spacial score (nSPS) is 17.7. The lowest BCUT2D eigenvalue weighted by Gasteiger charge is -2.12. The van der Waals surface area contributed by atoms with Crippen molar-refractivity contribution >= 4 is 11.6 Å². The molecule has 2 heterocycles. The van der Waals surface area contributed by atoms with Crippen LogP contribution in [0.3, 0.4) is 0 Å². The summed E-state index contributed by atoms with van der Waals surface area (Å²) in [6.07, 6.45) is -0.926. The SMILES string of the molecule is CC.CC1CCC(C(=O)Nc2ccc(C(O)CO)nc2)O1.Fc1cccc(OCC(F)F)c1F. The first kappa shape index (κ1) is 29.3. The summed E-state index contributed by atoms with van der Waals surface area (Å²) in [6, 6.07) is 6.34. The number of nitrogens with zero attached hydrogens (tertiary/aromatic N) is 1. The van der Waals surface area contributed by atoms with Crippen LogP contribution in [-0.4, -0.2) is 53.0 Å². The number of aromatic nitrogens is 1. The van der Waals surface area contributed by atoms with Crippen molar-refractivity contribution in [1.29, 1.82) is 0 Å². The Kier molecular flexibility index (Phi) is 13.1. The van der Waals surface area contributed by atoms with E-state index in [9.17, 15) is 27.5 Å². The molecule has 0 bridgehead atoms. The molecule has 0 saturated carbocycles. The molecular weight excluding hydrogens is 460 g/mol. The van der Waals surface area contributed by atoms with Crippen molar-refractivity contribution in [1.82, 2.24) is 4.98 Å². The summed E-state index contributed by atoms with van der Waals surface area (Å²) in [5.41, 5.74) is 0.910. The van der Waals surface area contributed by atoms with Gasteiger partial charge in [-0.2, -0.15) is 4.39 Å². The van der Waals surface area contributed by atoms with Gasteiger partial charge in [-0.05, 0) is 44.0 Å². The number of carbonyl (C=O) groups is 1. The molecule has 3 N–H and O–H groups in total. The number of amides is 1. The lowest BCUT2D eigenvalue weighted by molar-refractivity contribution is -0.126. The maximum Gasteiger partial charge on any atom is 0.272 e. The van der Waals surface area contributed by atoms with Crippen LogP contribution in [0.4, 0.5) is 23.2 Å². The van der Waals surface area contributed by atoms with Crippen molar-refractivity contribution in [2.24, 2.45) is 0 Å². The molecule has 2 aromatic rings. The lowest BCUT2D eigenvalue weighted by Crippen LogP contribution is -2.27. The molecular formula is C23H30F4N2O5. The Morgan fingerprint density at radius 3 is 2.47 bits per heavy atom. The van der Waals surface area contributed by atoms with Crippen LogP contribution in [0.5, 0.6) is 5.75 Å². The van der Waals surface area contributed by atoms with Crippen molar-refractivity contribution < 1.29 is 42.0 Å². The molecule has 1 aliphatic rings. The molecule has 190 valence electrons. The molecule has 1 aromatic carbocycles. The van der Waals surface area contributed by atoms with E-state index >= 15 is 0 Å². The van der Waals surface area contributed by atoms with Crippen molar-refractivity contribution in [3.05, 3.63) is 53.9 Å². The number of carbonyl (C=O) groups excluding carboxylic acids is 1. The molecule has 1 fully saturated rings. The van der Waals surface area contributed by atoms with Gasteiger partial charge in [0, 0.05) is 0 Å². The third-order valence-electron chi connectivity index (χ3n) is 4.37. The Bertz CT molecular complexity index is 871. The number of nitrogens with one attached hydrogen (secondary N) is 1. The zero-order valence-corrected chi connectivity index (χ0v) is 19.2. The summed E-state index contributed by atoms with van der Waals surface area (Å²) in [5, 5.41) is 20.9. The number of ether oxygens (including phenoxy) is 2. The van der Waals surface area contributed by atoms with Crippen LogP contribution >= 0.6 is 0 Å². The van der Waals surface area contributed by atoms with Gasteiger partial charge in [-0.15, -0.1) is 0 Å². The zero-order chi connectivity index (χ0) is 25.7. The fourth-order valence-electron chi connectivity index (χ4n) is 2.74. The second kappa shape index (κ2) is 15.2. The number of pyridine rings is 1. The number of alkyl halides is 2. The van der Waals surface area contributed by atoms with E-state index in [2.05, 4.69) is 15.0 Å². The summed E-state index contributed by atoms with van der Waals surface area (Å²) in [4.78, 5) is 15.9. The van der Waals surface area contributed by atoms with Gasteiger partial charge in [0.15, 0.2) is 11.6 Å². The van der Waals surface area contributed by atoms with E-state index in [1.165, 1.54) is 12.3 Å². The number of hydrogen-bond donors (Lipinski definition) is 3. The average Bonchev–Trinajstić information content (AvgIpc) is 3.28. The number of hydrogen-bond acceptors (Lipinski definition) is 6. The van der Waals surface area contributed by atoms with Crippen LogP contribution in [0.25, 0.3) is 0 Å². The topological polar surface area (TPSA) is 101 Å². The molecule has 1 aromatic heterocycles. The molecule has 0 aliphatic carbocycles. The standard InChI is InChI=1S/C13H18N2O4.C8H6F4O.C2H6/c1-8-2-5-12(19-8)13(18)15-9-3-4-10(14-6-9)11(17)7-16;9-5-2-1-3-6(8(5)12)13-4-7(10)11;1-2/h3-4,6,8,11-12,16-17H,2,5,7H2,1H3,(H,15,18);1-3,7H,4H2;1-2H3. The number of benzene rings is 1. The average molecular weight is 490 g/mol. The molecule has 3 atom stereocenters. The molecule has 0 spiro atoms. The van der Waals surface area contributed by atoms with Gasteiger partial charge in [0.05, 0.1) is 30.3 Å². The minimum atomic E-state index is -2.71. The number of aliphatic hydroxyl groups excluding tert-OH is 2. The maximum atomic E-state index is 12.7. The maximum absolute atomic E-state index is 12.7. The van der Waals surface area contributed by atoms with Gasteiger partial charge in [0.25, 0.3) is 12.3 Å². The second-order valence-electron chi connectivity index (χ2n) is 6.93. The summed E-state index contributed by atoms with van der Waals surface area (Å²) in [5.74, 6) is -3.04. The number of halogens is 4. The summed E-state index contributed by atoms with van der Waals surface area (Å²) in [6.45, 7) is 4.62. The third-order valence-corrected chi connectivity index (χ3v) is 4.37. The third kappa shape index (κ3) is 9.62.